The summed E-state index contributed by atoms with van der Waals surface area (Å²) in [5, 5.41) is 13.1. The van der Waals surface area contributed by atoms with Crippen molar-refractivity contribution < 1.29 is 18.3 Å². The van der Waals surface area contributed by atoms with E-state index in [2.05, 4.69) is 17.2 Å². The summed E-state index contributed by atoms with van der Waals surface area (Å²) in [5.41, 5.74) is 0.724. The minimum atomic E-state index is -3.49. The summed E-state index contributed by atoms with van der Waals surface area (Å²) >= 11 is 1.41. The SMILES string of the molecule is CC(C)(C(=O)NCc1sccc1C#CCO)S(C)(=O)=O. The number of hydrogen-bond donors (Lipinski definition) is 2. The molecule has 0 aliphatic carbocycles. The van der Waals surface area contributed by atoms with Crippen molar-refractivity contribution in [2.75, 3.05) is 12.9 Å². The van der Waals surface area contributed by atoms with E-state index in [1.807, 2.05) is 5.38 Å². The first-order valence-corrected chi connectivity index (χ1v) is 8.61. The second kappa shape index (κ2) is 6.39. The van der Waals surface area contributed by atoms with Gasteiger partial charge in [0.2, 0.25) is 5.91 Å². The molecule has 0 aliphatic heterocycles. The Hall–Kier alpha value is -1.36. The fourth-order valence-electron chi connectivity index (χ4n) is 1.27. The van der Waals surface area contributed by atoms with Crippen molar-refractivity contribution in [2.45, 2.75) is 25.1 Å². The molecule has 20 heavy (non-hydrogen) atoms. The number of rotatable bonds is 4. The van der Waals surface area contributed by atoms with E-state index in [-0.39, 0.29) is 13.2 Å². The molecule has 0 saturated heterocycles. The Bertz CT molecular complexity index is 647. The molecule has 1 aromatic rings. The third kappa shape index (κ3) is 3.82. The van der Waals surface area contributed by atoms with Gasteiger partial charge in [0, 0.05) is 16.7 Å². The highest BCUT2D eigenvalue weighted by molar-refractivity contribution is 7.92. The van der Waals surface area contributed by atoms with Crippen molar-refractivity contribution >= 4 is 27.1 Å². The zero-order chi connectivity index (χ0) is 15.4. The summed E-state index contributed by atoms with van der Waals surface area (Å²) in [5.74, 6) is 4.77. The van der Waals surface area contributed by atoms with Crippen LogP contribution in [0.2, 0.25) is 0 Å². The lowest BCUT2D eigenvalue weighted by molar-refractivity contribution is -0.123. The molecule has 0 aromatic carbocycles. The minimum Gasteiger partial charge on any atom is -0.384 e. The van der Waals surface area contributed by atoms with Gasteiger partial charge in [0.25, 0.3) is 0 Å². The largest absolute Gasteiger partial charge is 0.384 e. The molecule has 0 saturated carbocycles. The van der Waals surface area contributed by atoms with Gasteiger partial charge < -0.3 is 10.4 Å². The van der Waals surface area contributed by atoms with Gasteiger partial charge in [-0.05, 0) is 25.3 Å². The number of carbonyl (C=O) groups is 1. The van der Waals surface area contributed by atoms with Crippen LogP contribution in [0.3, 0.4) is 0 Å². The van der Waals surface area contributed by atoms with Crippen LogP contribution in [0, 0.1) is 11.8 Å². The van der Waals surface area contributed by atoms with E-state index in [1.54, 1.807) is 6.07 Å². The summed E-state index contributed by atoms with van der Waals surface area (Å²) < 4.78 is 21.6. The highest BCUT2D eigenvalue weighted by Gasteiger charge is 2.38. The second-order valence-corrected chi connectivity index (χ2v) is 8.25. The van der Waals surface area contributed by atoms with Crippen LogP contribution in [0.4, 0.5) is 0 Å². The van der Waals surface area contributed by atoms with Gasteiger partial charge in [0.15, 0.2) is 9.84 Å². The number of amides is 1. The average Bonchev–Trinajstić information content (AvgIpc) is 2.79. The highest BCUT2D eigenvalue weighted by atomic mass is 32.2. The first-order valence-electron chi connectivity index (χ1n) is 5.84. The van der Waals surface area contributed by atoms with Crippen molar-refractivity contribution in [1.82, 2.24) is 5.32 Å². The topological polar surface area (TPSA) is 83.5 Å². The highest BCUT2D eigenvalue weighted by Crippen LogP contribution is 2.18. The maximum atomic E-state index is 12.0. The molecule has 110 valence electrons. The summed E-state index contributed by atoms with van der Waals surface area (Å²) in [6.45, 7) is 2.73. The van der Waals surface area contributed by atoms with E-state index in [4.69, 9.17) is 5.11 Å². The van der Waals surface area contributed by atoms with Crippen LogP contribution in [0.15, 0.2) is 11.4 Å². The lowest BCUT2D eigenvalue weighted by Gasteiger charge is -2.21. The third-order valence-electron chi connectivity index (χ3n) is 2.93. The van der Waals surface area contributed by atoms with Crippen LogP contribution in [-0.4, -0.2) is 37.0 Å². The Morgan fingerprint density at radius 1 is 1.50 bits per heavy atom. The number of nitrogens with one attached hydrogen (secondary N) is 1. The fourth-order valence-corrected chi connectivity index (χ4v) is 2.44. The van der Waals surface area contributed by atoms with Gasteiger partial charge in [-0.2, -0.15) is 0 Å². The molecule has 0 aliphatic rings. The molecule has 5 nitrogen and oxygen atoms in total. The van der Waals surface area contributed by atoms with E-state index in [0.29, 0.717) is 0 Å². The van der Waals surface area contributed by atoms with Crippen LogP contribution in [0.5, 0.6) is 0 Å². The molecule has 1 rings (SSSR count). The molecule has 0 radical (unpaired) electrons. The van der Waals surface area contributed by atoms with Gasteiger partial charge in [-0.15, -0.1) is 11.3 Å². The van der Waals surface area contributed by atoms with Crippen molar-refractivity contribution in [3.63, 3.8) is 0 Å². The van der Waals surface area contributed by atoms with E-state index < -0.39 is 20.5 Å². The van der Waals surface area contributed by atoms with Gasteiger partial charge in [-0.1, -0.05) is 11.8 Å². The number of thiophene rings is 1. The molecule has 1 aromatic heterocycles. The first-order chi connectivity index (χ1) is 9.20. The first kappa shape index (κ1) is 16.7. The van der Waals surface area contributed by atoms with E-state index in [9.17, 15) is 13.2 Å². The Kier molecular flexibility index (Phi) is 5.34. The maximum Gasteiger partial charge on any atom is 0.241 e. The van der Waals surface area contributed by atoms with Gasteiger partial charge in [0.05, 0.1) is 6.54 Å². The second-order valence-electron chi connectivity index (χ2n) is 4.68. The van der Waals surface area contributed by atoms with Crippen molar-refractivity contribution in [2.24, 2.45) is 0 Å². The van der Waals surface area contributed by atoms with Gasteiger partial charge in [0.1, 0.15) is 11.4 Å². The van der Waals surface area contributed by atoms with E-state index in [1.165, 1.54) is 25.2 Å². The monoisotopic (exact) mass is 315 g/mol. The lowest BCUT2D eigenvalue weighted by atomic mass is 10.2. The molecule has 1 heterocycles. The molecule has 0 spiro atoms. The van der Waals surface area contributed by atoms with E-state index in [0.717, 1.165) is 16.7 Å². The van der Waals surface area contributed by atoms with Gasteiger partial charge in [-0.25, -0.2) is 8.42 Å². The number of aliphatic hydroxyl groups excluding tert-OH is 1. The zero-order valence-electron chi connectivity index (χ0n) is 11.6. The Balaban J connectivity index is 2.79. The molecular weight excluding hydrogens is 298 g/mol. The number of sulfone groups is 1. The van der Waals surface area contributed by atoms with Crippen molar-refractivity contribution in [3.05, 3.63) is 21.9 Å². The third-order valence-corrected chi connectivity index (χ3v) is 5.89. The summed E-state index contributed by atoms with van der Waals surface area (Å²) in [4.78, 5) is 12.8. The minimum absolute atomic E-state index is 0.213. The Morgan fingerprint density at radius 3 is 2.70 bits per heavy atom. The van der Waals surface area contributed by atoms with Crippen LogP contribution in [0.1, 0.15) is 24.3 Å². The lowest BCUT2D eigenvalue weighted by Crippen LogP contribution is -2.47. The Labute approximate surface area is 122 Å². The van der Waals surface area contributed by atoms with E-state index >= 15 is 0 Å². The van der Waals surface area contributed by atoms with Gasteiger partial charge in [-0.3, -0.25) is 4.79 Å². The summed E-state index contributed by atoms with van der Waals surface area (Å²) in [6, 6.07) is 1.79. The summed E-state index contributed by atoms with van der Waals surface area (Å²) in [6.07, 6.45) is 1.04. The maximum absolute atomic E-state index is 12.0. The smallest absolute Gasteiger partial charge is 0.241 e. The predicted octanol–water partition coefficient (Wildman–Crippen LogP) is 0.531. The fraction of sp³-hybridized carbons (Fsp3) is 0.462. The van der Waals surface area contributed by atoms with Crippen LogP contribution in [0.25, 0.3) is 0 Å². The van der Waals surface area contributed by atoms with Crippen LogP contribution in [-0.2, 0) is 21.2 Å². The molecule has 0 bridgehead atoms. The number of hydrogen-bond acceptors (Lipinski definition) is 5. The van der Waals surface area contributed by atoms with Gasteiger partial charge >= 0.3 is 0 Å². The Morgan fingerprint density at radius 2 is 2.15 bits per heavy atom. The standard InChI is InChI=1S/C13H17NO4S2/c1-13(2,20(3,17)18)12(16)14-9-11-10(5-4-7-15)6-8-19-11/h6,8,15H,7,9H2,1-3H3,(H,14,16). The quantitative estimate of drug-likeness (QED) is 0.794. The van der Waals surface area contributed by atoms with Crippen LogP contribution < -0.4 is 5.32 Å². The summed E-state index contributed by atoms with van der Waals surface area (Å²) in [7, 11) is -3.49. The average molecular weight is 315 g/mol. The zero-order valence-corrected chi connectivity index (χ0v) is 13.2. The van der Waals surface area contributed by atoms with Crippen molar-refractivity contribution in [1.29, 1.82) is 0 Å². The molecule has 2 N–H and O–H groups in total. The normalized spacial score (nSPS) is 11.6. The molecule has 0 unspecified atom stereocenters. The molecule has 0 fully saturated rings. The molecule has 7 heteroatoms. The molecule has 1 amide bonds. The van der Waals surface area contributed by atoms with Crippen LogP contribution >= 0.6 is 11.3 Å². The molecular formula is C13H17NO4S2. The predicted molar refractivity (Wildman–Crippen MR) is 79.1 cm³/mol. The number of aliphatic hydroxyl groups is 1. The molecule has 0 atom stereocenters. The number of carbonyl (C=O) groups excluding carboxylic acids is 1. The van der Waals surface area contributed by atoms with Crippen molar-refractivity contribution in [3.8, 4) is 11.8 Å².